The van der Waals surface area contributed by atoms with Crippen molar-refractivity contribution >= 4 is 34.2 Å². The Morgan fingerprint density at radius 2 is 1.75 bits per heavy atom. The summed E-state index contributed by atoms with van der Waals surface area (Å²) in [5.74, 6) is 0.435. The van der Waals surface area contributed by atoms with Crippen LogP contribution >= 0.6 is 12.4 Å². The van der Waals surface area contributed by atoms with E-state index < -0.39 is 10.1 Å². The first-order chi connectivity index (χ1) is 12.8. The van der Waals surface area contributed by atoms with Gasteiger partial charge in [0.15, 0.2) is 0 Å². The van der Waals surface area contributed by atoms with Crippen molar-refractivity contribution in [1.82, 2.24) is 0 Å². The Morgan fingerprint density at radius 3 is 2.43 bits per heavy atom. The second-order valence-electron chi connectivity index (χ2n) is 5.61. The molecule has 0 spiro atoms. The third-order valence-electron chi connectivity index (χ3n) is 3.24. The van der Waals surface area contributed by atoms with Crippen molar-refractivity contribution in [2.45, 2.75) is 18.2 Å². The number of nitrogens with two attached hydrogens (primary N) is 3. The summed E-state index contributed by atoms with van der Waals surface area (Å²) in [6.45, 7) is 2.39. The van der Waals surface area contributed by atoms with E-state index in [0.717, 1.165) is 5.56 Å². The van der Waals surface area contributed by atoms with E-state index in [1.54, 1.807) is 31.2 Å². The number of para-hydroxylation sites is 1. The Kier molecular flexibility index (Phi) is 8.68. The summed E-state index contributed by atoms with van der Waals surface area (Å²) >= 11 is 0. The van der Waals surface area contributed by atoms with Gasteiger partial charge in [0.05, 0.1) is 12.3 Å². The Balaban J connectivity index is 0.00000392. The van der Waals surface area contributed by atoms with Crippen molar-refractivity contribution in [3.8, 4) is 11.5 Å². The molecule has 154 valence electrons. The van der Waals surface area contributed by atoms with Crippen LogP contribution in [0.1, 0.15) is 12.0 Å². The second-order valence-corrected chi connectivity index (χ2v) is 7.12. The third-order valence-corrected chi connectivity index (χ3v) is 4.56. The highest BCUT2D eigenvalue weighted by Crippen LogP contribution is 2.27. The zero-order valence-electron chi connectivity index (χ0n) is 15.2. The lowest BCUT2D eigenvalue weighted by molar-refractivity contribution is 0.127. The van der Waals surface area contributed by atoms with Crippen molar-refractivity contribution < 1.29 is 22.2 Å². The van der Waals surface area contributed by atoms with Gasteiger partial charge in [-0.1, -0.05) is 12.1 Å². The number of halogens is 1. The van der Waals surface area contributed by atoms with Crippen LogP contribution in [0.2, 0.25) is 0 Å². The summed E-state index contributed by atoms with van der Waals surface area (Å²) < 4.78 is 35.7. The average Bonchev–Trinajstić information content (AvgIpc) is 2.57. The normalized spacial score (nSPS) is 10.5. The van der Waals surface area contributed by atoms with E-state index in [1.165, 1.54) is 18.2 Å². The molecule has 6 N–H and O–H groups in total. The number of hydrogen-bond acceptors (Lipinski definition) is 7. The van der Waals surface area contributed by atoms with Crippen molar-refractivity contribution in [3.05, 3.63) is 48.0 Å². The molecule has 0 aliphatic carbocycles. The van der Waals surface area contributed by atoms with E-state index >= 15 is 0 Å². The maximum absolute atomic E-state index is 12.4. The van der Waals surface area contributed by atoms with Crippen LogP contribution in [0.5, 0.6) is 11.5 Å². The number of benzene rings is 2. The average molecular weight is 431 g/mol. The van der Waals surface area contributed by atoms with Crippen molar-refractivity contribution in [2.24, 2.45) is 16.6 Å². The smallest absolute Gasteiger partial charge is 0.341 e. The Bertz CT molecular complexity index is 918. The number of nitrogen functional groups attached to an aromatic ring is 1. The predicted octanol–water partition coefficient (Wildman–Crippen LogP) is 1.74. The number of guanidine groups is 1. The van der Waals surface area contributed by atoms with Crippen LogP contribution in [0.25, 0.3) is 0 Å². The van der Waals surface area contributed by atoms with Gasteiger partial charge in [0.1, 0.15) is 23.0 Å². The summed E-state index contributed by atoms with van der Waals surface area (Å²) in [5, 5.41) is 3.39. The lowest BCUT2D eigenvalue weighted by Crippen LogP contribution is -2.23. The molecule has 0 atom stereocenters. The highest BCUT2D eigenvalue weighted by Gasteiger charge is 2.20. The van der Waals surface area contributed by atoms with Crippen LogP contribution < -0.4 is 26.1 Å². The number of ether oxygens (including phenoxy) is 1. The van der Waals surface area contributed by atoms with E-state index in [4.69, 9.17) is 31.0 Å². The van der Waals surface area contributed by atoms with Crippen molar-refractivity contribution in [1.29, 1.82) is 0 Å². The molecular formula is C17H23ClN4O5S. The highest BCUT2D eigenvalue weighted by atomic mass is 35.5. The fourth-order valence-electron chi connectivity index (χ4n) is 2.16. The summed E-state index contributed by atoms with van der Waals surface area (Å²) in [7, 11) is -4.06. The molecular weight excluding hydrogens is 408 g/mol. The van der Waals surface area contributed by atoms with Gasteiger partial charge in [0.2, 0.25) is 5.96 Å². The summed E-state index contributed by atoms with van der Waals surface area (Å²) in [4.78, 5) is 4.76. The van der Waals surface area contributed by atoms with Crippen molar-refractivity contribution in [2.75, 3.05) is 18.9 Å². The van der Waals surface area contributed by atoms with Crippen LogP contribution in [0, 0.1) is 6.92 Å². The van der Waals surface area contributed by atoms with Gasteiger partial charge in [-0.15, -0.1) is 12.4 Å². The predicted molar refractivity (Wildman–Crippen MR) is 109 cm³/mol. The number of nitrogens with zero attached hydrogens (tertiary/aromatic N) is 1. The lowest BCUT2D eigenvalue weighted by atomic mass is 10.2. The van der Waals surface area contributed by atoms with E-state index in [0.29, 0.717) is 18.8 Å². The first kappa shape index (κ1) is 23.2. The molecule has 11 heteroatoms. The maximum atomic E-state index is 12.4. The zero-order valence-corrected chi connectivity index (χ0v) is 16.8. The number of rotatable bonds is 9. The first-order valence-electron chi connectivity index (χ1n) is 8.02. The molecule has 2 aromatic carbocycles. The SMILES string of the molecule is Cc1cc(OCCCON=C(N)N)cc(OS(=O)(=O)c2ccccc2N)c1.Cl. The third kappa shape index (κ3) is 7.05. The van der Waals surface area contributed by atoms with Crippen LogP contribution in [0.15, 0.2) is 52.5 Å². The molecule has 0 bridgehead atoms. The topological polar surface area (TPSA) is 152 Å². The number of aryl methyl sites for hydroxylation is 1. The minimum atomic E-state index is -4.06. The van der Waals surface area contributed by atoms with Gasteiger partial charge in [-0.2, -0.15) is 8.42 Å². The van der Waals surface area contributed by atoms with Crippen LogP contribution in [-0.2, 0) is 15.0 Å². The highest BCUT2D eigenvalue weighted by molar-refractivity contribution is 7.87. The molecule has 0 aliphatic rings. The molecule has 0 saturated carbocycles. The Hall–Kier alpha value is -2.85. The monoisotopic (exact) mass is 430 g/mol. The summed E-state index contributed by atoms with van der Waals surface area (Å²) in [5.41, 5.74) is 16.9. The van der Waals surface area contributed by atoms with Crippen molar-refractivity contribution in [3.63, 3.8) is 0 Å². The quantitative estimate of drug-likeness (QED) is 0.136. The molecule has 0 fully saturated rings. The largest absolute Gasteiger partial charge is 0.493 e. The molecule has 0 aliphatic heterocycles. The first-order valence-corrected chi connectivity index (χ1v) is 9.43. The lowest BCUT2D eigenvalue weighted by Gasteiger charge is -2.12. The fourth-order valence-corrected chi connectivity index (χ4v) is 3.20. The van der Waals surface area contributed by atoms with Gasteiger partial charge in [-0.25, -0.2) is 0 Å². The minimum absolute atomic E-state index is 0. The van der Waals surface area contributed by atoms with E-state index in [1.807, 2.05) is 0 Å². The number of oxime groups is 1. The van der Waals surface area contributed by atoms with Crippen LogP contribution in [-0.4, -0.2) is 27.6 Å². The fraction of sp³-hybridized carbons (Fsp3) is 0.235. The van der Waals surface area contributed by atoms with Gasteiger partial charge in [0, 0.05) is 12.5 Å². The summed E-state index contributed by atoms with van der Waals surface area (Å²) in [6.07, 6.45) is 0.528. The van der Waals surface area contributed by atoms with Gasteiger partial charge in [-0.05, 0) is 41.9 Å². The molecule has 0 radical (unpaired) electrons. The van der Waals surface area contributed by atoms with E-state index in [2.05, 4.69) is 5.16 Å². The van der Waals surface area contributed by atoms with Crippen LogP contribution in [0.3, 0.4) is 0 Å². The Labute approximate surface area is 170 Å². The van der Waals surface area contributed by atoms with Gasteiger partial charge in [-0.3, -0.25) is 0 Å². The van der Waals surface area contributed by atoms with Gasteiger partial charge < -0.3 is 31.0 Å². The Morgan fingerprint density at radius 1 is 1.07 bits per heavy atom. The van der Waals surface area contributed by atoms with Crippen LogP contribution in [0.4, 0.5) is 5.69 Å². The molecule has 9 nitrogen and oxygen atoms in total. The molecule has 0 amide bonds. The molecule has 0 saturated heterocycles. The number of anilines is 1. The second kappa shape index (κ2) is 10.5. The van der Waals surface area contributed by atoms with E-state index in [-0.39, 0.29) is 41.3 Å². The number of hydrogen-bond donors (Lipinski definition) is 3. The molecule has 28 heavy (non-hydrogen) atoms. The van der Waals surface area contributed by atoms with Gasteiger partial charge in [0.25, 0.3) is 0 Å². The standard InChI is InChI=1S/C17H22N4O5S.ClH/c1-12-9-13(24-7-4-8-25-21-17(19)20)11-14(10-12)26-27(22,23)16-6-3-2-5-15(16)18;/h2-3,5-6,9-11H,4,7-8,18H2,1H3,(H4,19,20,21);1H. The molecule has 0 heterocycles. The maximum Gasteiger partial charge on any atom is 0.341 e. The minimum Gasteiger partial charge on any atom is -0.493 e. The molecule has 2 aromatic rings. The summed E-state index contributed by atoms with van der Waals surface area (Å²) in [6, 6.07) is 10.9. The zero-order chi connectivity index (χ0) is 19.9. The molecule has 0 unspecified atom stereocenters. The van der Waals surface area contributed by atoms with Gasteiger partial charge >= 0.3 is 10.1 Å². The molecule has 0 aromatic heterocycles. The molecule has 2 rings (SSSR count). The van der Waals surface area contributed by atoms with E-state index in [9.17, 15) is 8.42 Å².